The number of aliphatic hydroxyl groups excluding tert-OH is 1. The number of hydrogen-bond donors (Lipinski definition) is 2. The smallest absolute Gasteiger partial charge is 0.276 e. The van der Waals surface area contributed by atoms with Crippen molar-refractivity contribution in [3.8, 4) is 23.2 Å². The zero-order valence-electron chi connectivity index (χ0n) is 17.8. The van der Waals surface area contributed by atoms with Gasteiger partial charge in [-0.25, -0.2) is 10.1 Å². The van der Waals surface area contributed by atoms with E-state index < -0.39 is 16.3 Å². The van der Waals surface area contributed by atoms with Gasteiger partial charge in [-0.3, -0.25) is 0 Å². The van der Waals surface area contributed by atoms with E-state index in [9.17, 15) is 13.5 Å². The molecule has 9 nitrogen and oxygen atoms in total. The average molecular weight is 490 g/mol. The Bertz CT molecular complexity index is 1290. The molecule has 5 rings (SSSR count). The molecular formula is C22H24ClN5O4S. The Morgan fingerprint density at radius 3 is 2.61 bits per heavy atom. The van der Waals surface area contributed by atoms with Crippen LogP contribution in [0.5, 0.6) is 0 Å². The van der Waals surface area contributed by atoms with Crippen molar-refractivity contribution < 1.29 is 18.0 Å². The lowest BCUT2D eigenvalue weighted by Crippen LogP contribution is -2.36. The Balaban J connectivity index is 0.00000259. The summed E-state index contributed by atoms with van der Waals surface area (Å²) in [5.41, 5.74) is 2.52. The Labute approximate surface area is 198 Å². The number of aliphatic hydroxyl groups is 1. The number of aromatic nitrogens is 3. The van der Waals surface area contributed by atoms with Crippen LogP contribution in [-0.4, -0.2) is 45.6 Å². The molecule has 2 aliphatic rings. The normalized spacial score (nSPS) is 22.7. The lowest BCUT2D eigenvalue weighted by Gasteiger charge is -2.14. The minimum atomic E-state index is -3.59. The van der Waals surface area contributed by atoms with Gasteiger partial charge in [0.15, 0.2) is 5.76 Å². The molecule has 1 aliphatic heterocycles. The number of imidazole rings is 1. The third-order valence-electron chi connectivity index (χ3n) is 6.09. The van der Waals surface area contributed by atoms with Gasteiger partial charge in [-0.1, -0.05) is 17.0 Å². The summed E-state index contributed by atoms with van der Waals surface area (Å²) < 4.78 is 31.5. The Hall–Kier alpha value is -2.68. The van der Waals surface area contributed by atoms with E-state index in [1.807, 2.05) is 34.9 Å². The van der Waals surface area contributed by atoms with Gasteiger partial charge in [-0.05, 0) is 43.0 Å². The van der Waals surface area contributed by atoms with Gasteiger partial charge in [0.2, 0.25) is 0 Å². The highest BCUT2D eigenvalue weighted by atomic mass is 35.5. The van der Waals surface area contributed by atoms with Crippen LogP contribution in [0.25, 0.3) is 11.3 Å². The fourth-order valence-electron chi connectivity index (χ4n) is 4.31. The van der Waals surface area contributed by atoms with Crippen molar-refractivity contribution in [2.24, 2.45) is 22.9 Å². The molecule has 0 unspecified atom stereocenters. The number of fused-ring (bicyclic) bond motifs is 1. The van der Waals surface area contributed by atoms with Crippen molar-refractivity contribution in [2.45, 2.75) is 19.6 Å². The molecule has 0 amide bonds. The Morgan fingerprint density at radius 1 is 1.27 bits per heavy atom. The lowest BCUT2D eigenvalue weighted by molar-refractivity contribution is 0.184. The highest BCUT2D eigenvalue weighted by Crippen LogP contribution is 2.51. The van der Waals surface area contributed by atoms with Crippen LogP contribution in [0.15, 0.2) is 47.2 Å². The molecule has 0 radical (unpaired) electrons. The molecular weight excluding hydrogens is 466 g/mol. The third kappa shape index (κ3) is 4.83. The van der Waals surface area contributed by atoms with Gasteiger partial charge in [0.05, 0.1) is 6.54 Å². The highest BCUT2D eigenvalue weighted by Gasteiger charge is 2.56. The first-order chi connectivity index (χ1) is 15.3. The quantitative estimate of drug-likeness (QED) is 0.526. The number of rotatable bonds is 5. The fraction of sp³-hybridized carbons (Fsp3) is 0.364. The summed E-state index contributed by atoms with van der Waals surface area (Å²) in [6.07, 6.45) is 2.78. The van der Waals surface area contributed by atoms with Crippen molar-refractivity contribution in [3.63, 3.8) is 0 Å². The van der Waals surface area contributed by atoms with Crippen molar-refractivity contribution in [2.75, 3.05) is 13.1 Å². The summed E-state index contributed by atoms with van der Waals surface area (Å²) in [5.74, 6) is 8.51. The van der Waals surface area contributed by atoms with E-state index in [1.54, 1.807) is 19.3 Å². The molecule has 0 bridgehead atoms. The maximum absolute atomic E-state index is 11.4. The second-order valence-electron chi connectivity index (χ2n) is 8.33. The SMILES string of the molecule is C[C@H](O)c1nccn1Cc1cc(-c2ccc(C#C[C@@H]3[C@H]4CN(S(N)(=O)=O)C[C@@H]34)cc2)on1.Cl. The molecule has 1 aromatic carbocycles. The van der Waals surface area contributed by atoms with E-state index >= 15 is 0 Å². The number of piperidine rings is 1. The minimum absolute atomic E-state index is 0. The van der Waals surface area contributed by atoms with Crippen LogP contribution in [0.1, 0.15) is 30.1 Å². The van der Waals surface area contributed by atoms with Gasteiger partial charge in [-0.15, -0.1) is 12.4 Å². The fourth-order valence-corrected chi connectivity index (χ4v) is 5.07. The monoisotopic (exact) mass is 489 g/mol. The minimum Gasteiger partial charge on any atom is -0.385 e. The first-order valence-corrected chi connectivity index (χ1v) is 11.8. The van der Waals surface area contributed by atoms with Crippen LogP contribution >= 0.6 is 12.4 Å². The number of nitrogens with two attached hydrogens (primary N) is 1. The van der Waals surface area contributed by atoms with E-state index in [1.165, 1.54) is 4.31 Å². The summed E-state index contributed by atoms with van der Waals surface area (Å²) in [6, 6.07) is 9.60. The molecule has 1 saturated heterocycles. The lowest BCUT2D eigenvalue weighted by atomic mass is 10.1. The van der Waals surface area contributed by atoms with Crippen LogP contribution < -0.4 is 5.14 Å². The summed E-state index contributed by atoms with van der Waals surface area (Å²) in [7, 11) is -3.59. The molecule has 1 saturated carbocycles. The van der Waals surface area contributed by atoms with Crippen molar-refractivity contribution >= 4 is 22.6 Å². The van der Waals surface area contributed by atoms with Gasteiger partial charge in [-0.2, -0.15) is 12.7 Å². The molecule has 174 valence electrons. The molecule has 4 atom stereocenters. The zero-order chi connectivity index (χ0) is 22.5. The Morgan fingerprint density at radius 2 is 1.97 bits per heavy atom. The molecule has 3 N–H and O–H groups in total. The summed E-state index contributed by atoms with van der Waals surface area (Å²) in [5, 5.41) is 19.1. The second-order valence-corrected chi connectivity index (χ2v) is 9.88. The number of benzene rings is 1. The number of nitrogens with zero attached hydrogens (tertiary/aromatic N) is 4. The predicted octanol–water partition coefficient (Wildman–Crippen LogP) is 1.79. The molecule has 3 aromatic rings. The first kappa shape index (κ1) is 23.5. The third-order valence-corrected chi connectivity index (χ3v) is 7.10. The summed E-state index contributed by atoms with van der Waals surface area (Å²) in [6.45, 7) is 3.06. The van der Waals surface area contributed by atoms with Gasteiger partial charge in [0.25, 0.3) is 10.2 Å². The van der Waals surface area contributed by atoms with E-state index in [0.29, 0.717) is 31.2 Å². The van der Waals surface area contributed by atoms with Gasteiger partial charge in [0, 0.05) is 48.6 Å². The molecule has 3 heterocycles. The molecule has 11 heteroatoms. The maximum atomic E-state index is 11.4. The maximum Gasteiger partial charge on any atom is 0.276 e. The van der Waals surface area contributed by atoms with Crippen molar-refractivity contribution in [3.05, 3.63) is 59.8 Å². The van der Waals surface area contributed by atoms with E-state index in [2.05, 4.69) is 22.0 Å². The van der Waals surface area contributed by atoms with Crippen LogP contribution in [0.2, 0.25) is 0 Å². The van der Waals surface area contributed by atoms with Crippen LogP contribution in [0.3, 0.4) is 0 Å². The van der Waals surface area contributed by atoms with Gasteiger partial charge >= 0.3 is 0 Å². The van der Waals surface area contributed by atoms with Crippen molar-refractivity contribution in [1.82, 2.24) is 19.0 Å². The molecule has 0 spiro atoms. The first-order valence-electron chi connectivity index (χ1n) is 10.3. The van der Waals surface area contributed by atoms with Crippen LogP contribution in [-0.2, 0) is 16.8 Å². The molecule has 1 aliphatic carbocycles. The number of halogens is 1. The predicted molar refractivity (Wildman–Crippen MR) is 123 cm³/mol. The molecule has 33 heavy (non-hydrogen) atoms. The zero-order valence-corrected chi connectivity index (χ0v) is 19.5. The molecule has 2 aromatic heterocycles. The Kier molecular flexibility index (Phi) is 6.35. The van der Waals surface area contributed by atoms with Crippen molar-refractivity contribution in [1.29, 1.82) is 0 Å². The van der Waals surface area contributed by atoms with E-state index in [0.717, 1.165) is 16.8 Å². The molecule has 2 fully saturated rings. The largest absolute Gasteiger partial charge is 0.385 e. The topological polar surface area (TPSA) is 127 Å². The standard InChI is InChI=1S/C22H23N5O4S.ClH/c1-14(28)22-24-8-9-26(22)11-17-10-21(31-25-17)16-5-2-15(3-6-16)4-7-18-19-12-27(13-20(18)19)32(23,29)30;/h2-3,5-6,8-10,14,18-20,28H,11-13H2,1H3,(H2,23,29,30);1H/t14-,18-,19-,20+;/m0./s1. The average Bonchev–Trinajstić information content (AvgIpc) is 3.24. The summed E-state index contributed by atoms with van der Waals surface area (Å²) in [4.78, 5) is 4.16. The van der Waals surface area contributed by atoms with Crippen LogP contribution in [0.4, 0.5) is 0 Å². The second kappa shape index (κ2) is 8.93. The van der Waals surface area contributed by atoms with Crippen LogP contribution in [0, 0.1) is 29.6 Å². The van der Waals surface area contributed by atoms with Gasteiger partial charge in [0.1, 0.15) is 17.6 Å². The van der Waals surface area contributed by atoms with E-state index in [-0.39, 0.29) is 30.2 Å². The highest BCUT2D eigenvalue weighted by molar-refractivity contribution is 7.86. The number of hydrogen-bond acceptors (Lipinski definition) is 6. The van der Waals surface area contributed by atoms with E-state index in [4.69, 9.17) is 9.66 Å². The van der Waals surface area contributed by atoms with Gasteiger partial charge < -0.3 is 14.2 Å². The summed E-state index contributed by atoms with van der Waals surface area (Å²) >= 11 is 0.